The van der Waals surface area contributed by atoms with Gasteiger partial charge in [-0.15, -0.1) is 0 Å². The molecule has 2 aromatic carbocycles. The first-order chi connectivity index (χ1) is 19.8. The lowest BCUT2D eigenvalue weighted by atomic mass is 10.0. The fraction of sp³-hybridized carbons (Fsp3) is 0.300. The summed E-state index contributed by atoms with van der Waals surface area (Å²) in [5.41, 5.74) is 11.3. The SMILES string of the molecule is CCc1nc(C(N)=O)c(Nc2cnn(C)c2)nc1Nc1ccc(-c2ccc(CN3CCN(C(C)=O)CC3)cc2)cc1. The number of benzene rings is 2. The van der Waals surface area contributed by atoms with Gasteiger partial charge >= 0.3 is 0 Å². The van der Waals surface area contributed by atoms with Crippen molar-refractivity contribution < 1.29 is 9.59 Å². The van der Waals surface area contributed by atoms with Crippen LogP contribution < -0.4 is 16.4 Å². The van der Waals surface area contributed by atoms with Gasteiger partial charge in [0.2, 0.25) is 5.91 Å². The highest BCUT2D eigenvalue weighted by atomic mass is 16.2. The molecule has 0 aliphatic carbocycles. The molecule has 1 fully saturated rings. The van der Waals surface area contributed by atoms with Crippen molar-refractivity contribution in [2.45, 2.75) is 26.8 Å². The number of hydrogen-bond acceptors (Lipinski definition) is 8. The van der Waals surface area contributed by atoms with E-state index in [0.717, 1.165) is 49.5 Å². The summed E-state index contributed by atoms with van der Waals surface area (Å²) in [5.74, 6) is 0.307. The van der Waals surface area contributed by atoms with Gasteiger partial charge in [-0.05, 0) is 35.2 Å². The third kappa shape index (κ3) is 6.69. The quantitative estimate of drug-likeness (QED) is 0.286. The Morgan fingerprint density at radius 1 is 0.878 bits per heavy atom. The molecule has 2 aromatic heterocycles. The van der Waals surface area contributed by atoms with Crippen LogP contribution in [0.5, 0.6) is 0 Å². The molecular formula is C30H35N9O2. The number of carbonyl (C=O) groups excluding carboxylic acids is 2. The minimum atomic E-state index is -0.656. The van der Waals surface area contributed by atoms with Crippen LogP contribution in [0.3, 0.4) is 0 Å². The molecule has 4 aromatic rings. The first-order valence-electron chi connectivity index (χ1n) is 13.7. The lowest BCUT2D eigenvalue weighted by Crippen LogP contribution is -2.47. The van der Waals surface area contributed by atoms with Gasteiger partial charge in [-0.1, -0.05) is 43.3 Å². The molecule has 11 heteroatoms. The molecule has 1 aliphatic rings. The van der Waals surface area contributed by atoms with Gasteiger partial charge in [-0.3, -0.25) is 19.2 Å². The number of nitrogens with zero attached hydrogens (tertiary/aromatic N) is 6. The lowest BCUT2D eigenvalue weighted by Gasteiger charge is -2.34. The summed E-state index contributed by atoms with van der Waals surface area (Å²) in [6, 6.07) is 16.7. The number of nitrogens with two attached hydrogens (primary N) is 1. The number of piperazine rings is 1. The molecule has 0 unspecified atom stereocenters. The van der Waals surface area contributed by atoms with Crippen molar-refractivity contribution in [3.05, 3.63) is 77.9 Å². The summed E-state index contributed by atoms with van der Waals surface area (Å²) in [5, 5.41) is 10.6. The third-order valence-corrected chi connectivity index (χ3v) is 7.16. The molecular weight excluding hydrogens is 518 g/mol. The lowest BCUT2D eigenvalue weighted by molar-refractivity contribution is -0.130. The topological polar surface area (TPSA) is 134 Å². The Hall–Kier alpha value is -4.77. The molecule has 4 N–H and O–H groups in total. The van der Waals surface area contributed by atoms with Crippen molar-refractivity contribution in [1.82, 2.24) is 29.5 Å². The van der Waals surface area contributed by atoms with Crippen LogP contribution >= 0.6 is 0 Å². The van der Waals surface area contributed by atoms with Crippen LogP contribution in [0.2, 0.25) is 0 Å². The Balaban J connectivity index is 1.27. The standard InChI is InChI=1S/C30H35N9O2/c1-4-26-29(36-30(27(35-26)28(31)41)34-25-17-32-37(3)19-25)33-24-11-9-23(10-12-24)22-7-5-21(6-8-22)18-38-13-15-39(16-14-38)20(2)40/h5-12,17,19H,4,13-16,18H2,1-3H3,(H2,31,41)(H2,33,34,36). The molecule has 1 aliphatic heterocycles. The maximum atomic E-state index is 12.1. The molecule has 212 valence electrons. The summed E-state index contributed by atoms with van der Waals surface area (Å²) >= 11 is 0. The van der Waals surface area contributed by atoms with Crippen molar-refractivity contribution in [3.63, 3.8) is 0 Å². The summed E-state index contributed by atoms with van der Waals surface area (Å²) in [6.07, 6.45) is 3.98. The second-order valence-electron chi connectivity index (χ2n) is 10.1. The predicted molar refractivity (Wildman–Crippen MR) is 159 cm³/mol. The zero-order valence-electron chi connectivity index (χ0n) is 23.6. The van der Waals surface area contributed by atoms with Crippen LogP contribution in [0, 0.1) is 0 Å². The van der Waals surface area contributed by atoms with Crippen molar-refractivity contribution in [3.8, 4) is 11.1 Å². The Bertz CT molecular complexity index is 1520. The maximum absolute atomic E-state index is 12.1. The minimum absolute atomic E-state index is 0.0772. The Morgan fingerprint density at radius 2 is 1.51 bits per heavy atom. The van der Waals surface area contributed by atoms with Crippen molar-refractivity contribution in [1.29, 1.82) is 0 Å². The van der Waals surface area contributed by atoms with E-state index in [1.165, 1.54) is 5.56 Å². The average Bonchev–Trinajstić information content (AvgIpc) is 3.38. The summed E-state index contributed by atoms with van der Waals surface area (Å²) in [6.45, 7) is 7.83. The zero-order valence-corrected chi connectivity index (χ0v) is 23.6. The van der Waals surface area contributed by atoms with E-state index in [9.17, 15) is 9.59 Å². The first-order valence-corrected chi connectivity index (χ1v) is 13.7. The molecule has 11 nitrogen and oxygen atoms in total. The van der Waals surface area contributed by atoms with Crippen LogP contribution in [-0.4, -0.2) is 67.5 Å². The Labute approximate surface area is 239 Å². The van der Waals surface area contributed by atoms with Crippen molar-refractivity contribution in [2.24, 2.45) is 12.8 Å². The second-order valence-corrected chi connectivity index (χ2v) is 10.1. The highest BCUT2D eigenvalue weighted by Crippen LogP contribution is 2.27. The van der Waals surface area contributed by atoms with E-state index in [0.29, 0.717) is 23.6 Å². The number of aryl methyl sites for hydroxylation is 2. The van der Waals surface area contributed by atoms with E-state index in [-0.39, 0.29) is 17.4 Å². The number of primary amides is 1. The van der Waals surface area contributed by atoms with Gasteiger partial charge in [0.05, 0.1) is 17.6 Å². The van der Waals surface area contributed by atoms with Gasteiger partial charge in [0.1, 0.15) is 0 Å². The second kappa shape index (κ2) is 12.2. The monoisotopic (exact) mass is 553 g/mol. The van der Waals surface area contributed by atoms with Gasteiger partial charge in [-0.2, -0.15) is 5.10 Å². The van der Waals surface area contributed by atoms with Crippen LogP contribution in [0.4, 0.5) is 23.0 Å². The van der Waals surface area contributed by atoms with Gasteiger partial charge in [0, 0.05) is 58.6 Å². The first kappa shape index (κ1) is 27.8. The van der Waals surface area contributed by atoms with Gasteiger partial charge in [-0.25, -0.2) is 9.97 Å². The number of anilines is 4. The highest BCUT2D eigenvalue weighted by molar-refractivity contribution is 5.96. The van der Waals surface area contributed by atoms with E-state index in [1.807, 2.05) is 24.0 Å². The fourth-order valence-corrected chi connectivity index (χ4v) is 4.86. The van der Waals surface area contributed by atoms with Gasteiger partial charge in [0.15, 0.2) is 17.3 Å². The summed E-state index contributed by atoms with van der Waals surface area (Å²) in [4.78, 5) is 37.1. The van der Waals surface area contributed by atoms with E-state index < -0.39 is 5.91 Å². The minimum Gasteiger partial charge on any atom is -0.364 e. The Kier molecular flexibility index (Phi) is 8.25. The van der Waals surface area contributed by atoms with E-state index in [4.69, 9.17) is 5.73 Å². The Morgan fingerprint density at radius 3 is 2.07 bits per heavy atom. The molecule has 5 rings (SSSR count). The maximum Gasteiger partial charge on any atom is 0.271 e. The van der Waals surface area contributed by atoms with Crippen molar-refractivity contribution >= 4 is 34.8 Å². The predicted octanol–water partition coefficient (Wildman–Crippen LogP) is 3.69. The van der Waals surface area contributed by atoms with E-state index >= 15 is 0 Å². The number of aromatic nitrogens is 4. The van der Waals surface area contributed by atoms with Gasteiger partial charge < -0.3 is 21.3 Å². The van der Waals surface area contributed by atoms with Crippen LogP contribution in [0.1, 0.15) is 35.6 Å². The van der Waals surface area contributed by atoms with Crippen LogP contribution in [0.25, 0.3) is 11.1 Å². The summed E-state index contributed by atoms with van der Waals surface area (Å²) in [7, 11) is 1.80. The van der Waals surface area contributed by atoms with Gasteiger partial charge in [0.25, 0.3) is 5.91 Å². The molecule has 0 bridgehead atoms. The fourth-order valence-electron chi connectivity index (χ4n) is 4.86. The number of amides is 2. The van der Waals surface area contributed by atoms with E-state index in [1.54, 1.807) is 31.0 Å². The van der Waals surface area contributed by atoms with Crippen LogP contribution in [-0.2, 0) is 24.8 Å². The molecule has 0 saturated carbocycles. The largest absolute Gasteiger partial charge is 0.364 e. The number of rotatable bonds is 9. The normalized spacial score (nSPS) is 13.7. The third-order valence-electron chi connectivity index (χ3n) is 7.16. The molecule has 0 spiro atoms. The van der Waals surface area contributed by atoms with Crippen LogP contribution in [0.15, 0.2) is 60.9 Å². The van der Waals surface area contributed by atoms with Crippen molar-refractivity contribution in [2.75, 3.05) is 36.8 Å². The number of nitrogens with one attached hydrogen (secondary N) is 2. The molecule has 1 saturated heterocycles. The summed E-state index contributed by atoms with van der Waals surface area (Å²) < 4.78 is 1.65. The molecule has 41 heavy (non-hydrogen) atoms. The molecule has 0 radical (unpaired) electrons. The highest BCUT2D eigenvalue weighted by Gasteiger charge is 2.19. The molecule has 2 amide bonds. The zero-order chi connectivity index (χ0) is 28.9. The molecule has 0 atom stereocenters. The average molecular weight is 554 g/mol. The van der Waals surface area contributed by atoms with E-state index in [2.05, 4.69) is 67.0 Å². The smallest absolute Gasteiger partial charge is 0.271 e. The molecule has 3 heterocycles. The number of hydrogen-bond donors (Lipinski definition) is 3. The number of carbonyl (C=O) groups is 2.